The zero-order valence-electron chi connectivity index (χ0n) is 11.4. The zero-order chi connectivity index (χ0) is 14.5. The van der Waals surface area contributed by atoms with Crippen LogP contribution in [0.4, 0.5) is 11.5 Å². The first-order chi connectivity index (χ1) is 9.60. The number of hydrogen-bond acceptors (Lipinski definition) is 6. The van der Waals surface area contributed by atoms with Gasteiger partial charge < -0.3 is 15.8 Å². The third-order valence-electron chi connectivity index (χ3n) is 3.17. The molecule has 2 rings (SSSR count). The molecule has 2 heterocycles. The predicted octanol–water partition coefficient (Wildman–Crippen LogP) is 1.16. The number of anilines is 2. The first-order valence-corrected chi connectivity index (χ1v) is 8.13. The van der Waals surface area contributed by atoms with Crippen molar-refractivity contribution in [2.45, 2.75) is 25.8 Å². The lowest BCUT2D eigenvalue weighted by molar-refractivity contribution is 0.0527. The van der Waals surface area contributed by atoms with E-state index in [0.29, 0.717) is 35.2 Å². The summed E-state index contributed by atoms with van der Waals surface area (Å²) in [7, 11) is -0.691. The van der Waals surface area contributed by atoms with Crippen LogP contribution in [0.25, 0.3) is 0 Å². The molecule has 1 aromatic rings. The largest absolute Gasteiger partial charge is 0.462 e. The fourth-order valence-electron chi connectivity index (χ4n) is 2.08. The van der Waals surface area contributed by atoms with Gasteiger partial charge in [-0.15, -0.1) is 0 Å². The molecule has 0 aliphatic carbocycles. The summed E-state index contributed by atoms with van der Waals surface area (Å²) in [6, 6.07) is 1.85. The Hall–Kier alpha value is -1.63. The number of aromatic nitrogens is 1. The Kier molecular flexibility index (Phi) is 4.94. The number of carbonyl (C=O) groups excluding carboxylic acids is 1. The number of nitrogen functional groups attached to an aromatic ring is 1. The van der Waals surface area contributed by atoms with Gasteiger partial charge in [-0.25, -0.2) is 9.78 Å². The summed E-state index contributed by atoms with van der Waals surface area (Å²) in [4.78, 5) is 15.9. The highest BCUT2D eigenvalue weighted by Crippen LogP contribution is 2.19. The van der Waals surface area contributed by atoms with Crippen molar-refractivity contribution < 1.29 is 13.7 Å². The van der Waals surface area contributed by atoms with Crippen molar-refractivity contribution in [3.05, 3.63) is 17.8 Å². The Morgan fingerprint density at radius 2 is 2.25 bits per heavy atom. The van der Waals surface area contributed by atoms with Crippen molar-refractivity contribution in [3.63, 3.8) is 0 Å². The number of hydrogen-bond donors (Lipinski definition) is 2. The van der Waals surface area contributed by atoms with Crippen molar-refractivity contribution in [2.24, 2.45) is 0 Å². The smallest absolute Gasteiger partial charge is 0.340 e. The fraction of sp³-hybridized carbons (Fsp3) is 0.538. The molecule has 0 atom stereocenters. The summed E-state index contributed by atoms with van der Waals surface area (Å²) < 4.78 is 16.3. The Morgan fingerprint density at radius 1 is 1.55 bits per heavy atom. The first kappa shape index (κ1) is 14.8. The Bertz CT molecular complexity index is 512. The molecule has 0 aromatic carbocycles. The first-order valence-electron chi connectivity index (χ1n) is 6.64. The minimum Gasteiger partial charge on any atom is -0.462 e. The highest BCUT2D eigenvalue weighted by atomic mass is 32.2. The van der Waals surface area contributed by atoms with Crippen molar-refractivity contribution in [3.8, 4) is 0 Å². The van der Waals surface area contributed by atoms with Crippen molar-refractivity contribution in [1.29, 1.82) is 0 Å². The van der Waals surface area contributed by atoms with Crippen LogP contribution in [0.5, 0.6) is 0 Å². The summed E-state index contributed by atoms with van der Waals surface area (Å²) in [5, 5.41) is 3.26. The summed E-state index contributed by atoms with van der Waals surface area (Å²) in [5.74, 6) is 1.56. The topological polar surface area (TPSA) is 94.3 Å². The van der Waals surface area contributed by atoms with E-state index in [1.54, 1.807) is 13.0 Å². The van der Waals surface area contributed by atoms with E-state index >= 15 is 0 Å². The molecular formula is C13H19N3O3S. The molecule has 6 nitrogen and oxygen atoms in total. The minimum atomic E-state index is -0.691. The molecule has 3 N–H and O–H groups in total. The number of nitrogens with two attached hydrogens (primary N) is 1. The highest BCUT2D eigenvalue weighted by molar-refractivity contribution is 7.85. The molecule has 1 aliphatic heterocycles. The number of esters is 1. The minimum absolute atomic E-state index is 0.235. The van der Waals surface area contributed by atoms with Crippen LogP contribution in [0.15, 0.2) is 12.3 Å². The molecule has 0 saturated carbocycles. The summed E-state index contributed by atoms with van der Waals surface area (Å²) in [6.45, 7) is 2.05. The summed E-state index contributed by atoms with van der Waals surface area (Å²) >= 11 is 0. The number of carbonyl (C=O) groups is 1. The van der Waals surface area contributed by atoms with E-state index in [1.165, 1.54) is 6.20 Å². The molecule has 0 radical (unpaired) electrons. The van der Waals surface area contributed by atoms with Gasteiger partial charge in [0, 0.05) is 28.3 Å². The van der Waals surface area contributed by atoms with Crippen LogP contribution in [0.2, 0.25) is 0 Å². The number of ether oxygens (including phenoxy) is 1. The summed E-state index contributed by atoms with van der Waals surface area (Å²) in [5.41, 5.74) is 6.37. The van der Waals surface area contributed by atoms with Gasteiger partial charge in [0.25, 0.3) is 0 Å². The second kappa shape index (κ2) is 6.69. The number of nitrogens with one attached hydrogen (secondary N) is 1. The number of nitrogens with zero attached hydrogens (tertiary/aromatic N) is 1. The van der Waals surface area contributed by atoms with Crippen molar-refractivity contribution in [1.82, 2.24) is 4.98 Å². The van der Waals surface area contributed by atoms with Gasteiger partial charge >= 0.3 is 5.97 Å². The zero-order valence-corrected chi connectivity index (χ0v) is 12.2. The number of rotatable bonds is 4. The Balaban J connectivity index is 2.07. The SMILES string of the molecule is CCOC(=O)c1cc(NC2CCS(=O)CC2)ncc1N. The third kappa shape index (κ3) is 3.69. The molecule has 1 aromatic heterocycles. The van der Waals surface area contributed by atoms with E-state index in [-0.39, 0.29) is 6.04 Å². The average Bonchev–Trinajstić information content (AvgIpc) is 2.43. The van der Waals surface area contributed by atoms with Gasteiger partial charge in [-0.3, -0.25) is 4.21 Å². The predicted molar refractivity (Wildman–Crippen MR) is 79.1 cm³/mol. The molecule has 0 amide bonds. The van der Waals surface area contributed by atoms with E-state index in [4.69, 9.17) is 10.5 Å². The maximum absolute atomic E-state index is 11.8. The molecular weight excluding hydrogens is 278 g/mol. The average molecular weight is 297 g/mol. The van der Waals surface area contributed by atoms with Crippen molar-refractivity contribution in [2.75, 3.05) is 29.2 Å². The van der Waals surface area contributed by atoms with Crippen LogP contribution in [-0.4, -0.2) is 39.3 Å². The van der Waals surface area contributed by atoms with Gasteiger partial charge in [0.1, 0.15) is 5.82 Å². The normalized spacial score (nSPS) is 22.2. The number of pyridine rings is 1. The van der Waals surface area contributed by atoms with Gasteiger partial charge in [0.15, 0.2) is 0 Å². The molecule has 7 heteroatoms. The lowest BCUT2D eigenvalue weighted by Gasteiger charge is -2.23. The Labute approximate surface area is 120 Å². The molecule has 0 unspecified atom stereocenters. The standard InChI is InChI=1S/C13H19N3O3S/c1-2-19-13(17)10-7-12(15-8-11(10)14)16-9-3-5-20(18)6-4-9/h7-9H,2-6,14H2,1H3,(H,15,16). The second-order valence-electron chi connectivity index (χ2n) is 4.64. The third-order valence-corrected chi connectivity index (χ3v) is 4.55. The van der Waals surface area contributed by atoms with Crippen LogP contribution >= 0.6 is 0 Å². The molecule has 20 heavy (non-hydrogen) atoms. The van der Waals surface area contributed by atoms with E-state index in [1.807, 2.05) is 0 Å². The van der Waals surface area contributed by atoms with Crippen LogP contribution in [-0.2, 0) is 15.5 Å². The molecule has 1 saturated heterocycles. The fourth-order valence-corrected chi connectivity index (χ4v) is 3.38. The van der Waals surface area contributed by atoms with Gasteiger partial charge in [0.2, 0.25) is 0 Å². The van der Waals surface area contributed by atoms with Crippen LogP contribution in [0.1, 0.15) is 30.1 Å². The monoisotopic (exact) mass is 297 g/mol. The van der Waals surface area contributed by atoms with E-state index < -0.39 is 16.8 Å². The van der Waals surface area contributed by atoms with Gasteiger partial charge in [-0.2, -0.15) is 0 Å². The van der Waals surface area contributed by atoms with E-state index in [2.05, 4.69) is 10.3 Å². The van der Waals surface area contributed by atoms with Crippen LogP contribution in [0, 0.1) is 0 Å². The maximum Gasteiger partial charge on any atom is 0.340 e. The molecule has 0 bridgehead atoms. The van der Waals surface area contributed by atoms with Crippen molar-refractivity contribution >= 4 is 28.3 Å². The van der Waals surface area contributed by atoms with E-state index in [0.717, 1.165) is 12.8 Å². The molecule has 1 fully saturated rings. The van der Waals surface area contributed by atoms with Gasteiger partial charge in [0.05, 0.1) is 24.1 Å². The maximum atomic E-state index is 11.8. The quantitative estimate of drug-likeness (QED) is 0.810. The van der Waals surface area contributed by atoms with E-state index in [9.17, 15) is 9.00 Å². The van der Waals surface area contributed by atoms with Gasteiger partial charge in [-0.1, -0.05) is 0 Å². The van der Waals surface area contributed by atoms with Gasteiger partial charge in [-0.05, 0) is 25.8 Å². The molecule has 110 valence electrons. The lowest BCUT2D eigenvalue weighted by atomic mass is 10.1. The lowest BCUT2D eigenvalue weighted by Crippen LogP contribution is -2.29. The molecule has 1 aliphatic rings. The molecule has 0 spiro atoms. The van der Waals surface area contributed by atoms with Crippen LogP contribution < -0.4 is 11.1 Å². The highest BCUT2D eigenvalue weighted by Gasteiger charge is 2.19. The van der Waals surface area contributed by atoms with Crippen LogP contribution in [0.3, 0.4) is 0 Å². The summed E-state index contributed by atoms with van der Waals surface area (Å²) in [6.07, 6.45) is 3.14. The Morgan fingerprint density at radius 3 is 2.90 bits per heavy atom. The second-order valence-corrected chi connectivity index (χ2v) is 6.34.